The van der Waals surface area contributed by atoms with Gasteiger partial charge in [0.05, 0.1) is 29.5 Å². The zero-order chi connectivity index (χ0) is 15.6. The number of aromatic nitrogens is 2. The van der Waals surface area contributed by atoms with Crippen LogP contribution in [0, 0.1) is 0 Å². The highest BCUT2D eigenvalue weighted by Gasteiger charge is 2.27. The normalized spacial score (nSPS) is 24.4. The van der Waals surface area contributed by atoms with Crippen LogP contribution >= 0.6 is 0 Å². The second-order valence-electron chi connectivity index (χ2n) is 6.68. The third kappa shape index (κ3) is 3.47. The highest BCUT2D eigenvalue weighted by atomic mass is 16.5. The Balaban J connectivity index is 1.42. The van der Waals surface area contributed by atoms with Crippen molar-refractivity contribution in [3.05, 3.63) is 30.2 Å². The topological polar surface area (TPSA) is 89.0 Å². The molecule has 2 fully saturated rings. The van der Waals surface area contributed by atoms with Gasteiger partial charge in [0.25, 0.3) is 0 Å². The number of anilines is 3. The molecule has 0 bridgehead atoms. The molecule has 6 nitrogen and oxygen atoms in total. The first-order valence-corrected chi connectivity index (χ1v) is 8.49. The Morgan fingerprint density at radius 3 is 2.70 bits per heavy atom. The molecule has 6 heteroatoms. The van der Waals surface area contributed by atoms with E-state index in [-0.39, 0.29) is 6.04 Å². The average molecular weight is 313 g/mol. The summed E-state index contributed by atoms with van der Waals surface area (Å²) in [4.78, 5) is 4.30. The van der Waals surface area contributed by atoms with E-state index in [4.69, 9.17) is 10.3 Å². The van der Waals surface area contributed by atoms with Crippen LogP contribution in [0.3, 0.4) is 0 Å². The van der Waals surface area contributed by atoms with Gasteiger partial charge < -0.3 is 20.9 Å². The van der Waals surface area contributed by atoms with Gasteiger partial charge in [0.1, 0.15) is 0 Å². The number of hydrogen-bond acceptors (Lipinski definition) is 6. The molecule has 0 aromatic carbocycles. The number of hydrogen-bond donors (Lipinski definition) is 3. The largest absolute Gasteiger partial charge is 0.379 e. The third-order valence-corrected chi connectivity index (χ3v) is 4.70. The zero-order valence-electron chi connectivity index (χ0n) is 13.2. The molecule has 4 rings (SSSR count). The smallest absolute Gasteiger partial charge is 0.229 e. The lowest BCUT2D eigenvalue weighted by Gasteiger charge is -2.30. The van der Waals surface area contributed by atoms with Crippen LogP contribution in [-0.2, 0) is 0 Å². The number of pyridine rings is 1. The summed E-state index contributed by atoms with van der Waals surface area (Å²) in [6.07, 6.45) is 10.7. The van der Waals surface area contributed by atoms with Crippen LogP contribution in [0.2, 0.25) is 0 Å². The van der Waals surface area contributed by atoms with Crippen molar-refractivity contribution in [3.8, 4) is 0 Å². The lowest BCUT2D eigenvalue weighted by atomic mass is 9.91. The van der Waals surface area contributed by atoms with Crippen LogP contribution < -0.4 is 16.4 Å². The van der Waals surface area contributed by atoms with Gasteiger partial charge in [-0.1, -0.05) is 18.0 Å². The van der Waals surface area contributed by atoms with Crippen LogP contribution in [-0.4, -0.2) is 22.2 Å². The molecule has 0 saturated heterocycles. The first kappa shape index (κ1) is 14.5. The summed E-state index contributed by atoms with van der Waals surface area (Å²) in [5.41, 5.74) is 9.12. The molecule has 0 unspecified atom stereocenters. The molecule has 0 spiro atoms. The predicted molar refractivity (Wildman–Crippen MR) is 89.9 cm³/mol. The van der Waals surface area contributed by atoms with Crippen molar-refractivity contribution in [1.82, 2.24) is 10.1 Å². The molecule has 2 atom stereocenters. The summed E-state index contributed by atoms with van der Waals surface area (Å²) < 4.78 is 5.35. The maximum atomic E-state index is 6.20. The summed E-state index contributed by atoms with van der Waals surface area (Å²) >= 11 is 0. The molecule has 2 aromatic heterocycles. The molecule has 0 amide bonds. The maximum absolute atomic E-state index is 6.20. The molecule has 0 aliphatic heterocycles. The molecule has 0 radical (unpaired) electrons. The van der Waals surface area contributed by atoms with Crippen LogP contribution in [0.4, 0.5) is 17.3 Å². The first-order valence-electron chi connectivity index (χ1n) is 8.49. The molecule has 2 saturated carbocycles. The Labute approximate surface area is 135 Å². The summed E-state index contributed by atoms with van der Waals surface area (Å²) in [6, 6.07) is 4.56. The van der Waals surface area contributed by atoms with E-state index in [1.807, 2.05) is 18.3 Å². The molecule has 23 heavy (non-hydrogen) atoms. The van der Waals surface area contributed by atoms with Gasteiger partial charge in [-0.05, 0) is 31.7 Å². The van der Waals surface area contributed by atoms with E-state index < -0.39 is 0 Å². The molecular formula is C17H23N5O. The van der Waals surface area contributed by atoms with E-state index in [0.29, 0.717) is 17.8 Å². The molecule has 122 valence electrons. The minimum Gasteiger partial charge on any atom is -0.379 e. The maximum Gasteiger partial charge on any atom is 0.229 e. The van der Waals surface area contributed by atoms with Crippen LogP contribution in [0.1, 0.15) is 50.1 Å². The Morgan fingerprint density at radius 2 is 1.87 bits per heavy atom. The fourth-order valence-corrected chi connectivity index (χ4v) is 3.20. The van der Waals surface area contributed by atoms with Crippen molar-refractivity contribution in [2.75, 3.05) is 10.6 Å². The Morgan fingerprint density at radius 1 is 1.04 bits per heavy atom. The van der Waals surface area contributed by atoms with Gasteiger partial charge in [0, 0.05) is 24.1 Å². The summed E-state index contributed by atoms with van der Waals surface area (Å²) in [6.45, 7) is 0. The van der Waals surface area contributed by atoms with Crippen molar-refractivity contribution in [2.24, 2.45) is 5.73 Å². The van der Waals surface area contributed by atoms with Crippen molar-refractivity contribution in [3.63, 3.8) is 0 Å². The second kappa shape index (κ2) is 6.20. The third-order valence-electron chi connectivity index (χ3n) is 4.70. The van der Waals surface area contributed by atoms with Crippen molar-refractivity contribution in [1.29, 1.82) is 0 Å². The summed E-state index contributed by atoms with van der Waals surface area (Å²) in [5, 5.41) is 10.9. The lowest BCUT2D eigenvalue weighted by molar-refractivity contribution is 0.404. The van der Waals surface area contributed by atoms with Gasteiger partial charge in [0.15, 0.2) is 0 Å². The minimum atomic E-state index is 0.218. The molecular weight excluding hydrogens is 290 g/mol. The van der Waals surface area contributed by atoms with Crippen molar-refractivity contribution in [2.45, 2.75) is 56.5 Å². The Bertz CT molecular complexity index is 667. The van der Waals surface area contributed by atoms with Crippen LogP contribution in [0.5, 0.6) is 0 Å². The van der Waals surface area contributed by atoms with E-state index in [2.05, 4.69) is 20.8 Å². The van der Waals surface area contributed by atoms with Gasteiger partial charge in [-0.2, -0.15) is 0 Å². The van der Waals surface area contributed by atoms with Crippen molar-refractivity contribution >= 4 is 17.3 Å². The van der Waals surface area contributed by atoms with E-state index >= 15 is 0 Å². The Kier molecular flexibility index (Phi) is 3.91. The fourth-order valence-electron chi connectivity index (χ4n) is 3.20. The highest BCUT2D eigenvalue weighted by molar-refractivity contribution is 5.60. The van der Waals surface area contributed by atoms with Crippen LogP contribution in [0.25, 0.3) is 0 Å². The number of nitrogens with zero attached hydrogens (tertiary/aromatic N) is 2. The zero-order valence-corrected chi connectivity index (χ0v) is 13.2. The van der Waals surface area contributed by atoms with Gasteiger partial charge >= 0.3 is 0 Å². The first-order chi connectivity index (χ1) is 11.3. The van der Waals surface area contributed by atoms with Gasteiger partial charge in [-0.15, -0.1) is 0 Å². The highest BCUT2D eigenvalue weighted by Crippen LogP contribution is 2.40. The van der Waals surface area contributed by atoms with Gasteiger partial charge in [-0.3, -0.25) is 4.98 Å². The molecule has 2 aromatic rings. The summed E-state index contributed by atoms with van der Waals surface area (Å²) in [7, 11) is 0. The fraction of sp³-hybridized carbons (Fsp3) is 0.529. The predicted octanol–water partition coefficient (Wildman–Crippen LogP) is 3.37. The van der Waals surface area contributed by atoms with Crippen molar-refractivity contribution < 1.29 is 4.52 Å². The molecule has 4 N–H and O–H groups in total. The van der Waals surface area contributed by atoms with E-state index in [9.17, 15) is 0 Å². The molecule has 2 heterocycles. The van der Waals surface area contributed by atoms with Gasteiger partial charge in [0.2, 0.25) is 5.88 Å². The van der Waals surface area contributed by atoms with E-state index in [1.165, 1.54) is 25.7 Å². The average Bonchev–Trinajstić information content (AvgIpc) is 3.30. The molecule has 2 aliphatic rings. The SMILES string of the molecule is N[C@H]1CCCC[C@H]1Nc1cncc(Nc2cc(C3CC3)no2)c1. The Hall–Kier alpha value is -2.08. The second-order valence-corrected chi connectivity index (χ2v) is 6.68. The number of nitrogens with one attached hydrogen (secondary N) is 2. The van der Waals surface area contributed by atoms with E-state index in [1.54, 1.807) is 6.20 Å². The standard InChI is InChI=1S/C17H23N5O/c18-14-3-1-2-4-15(14)20-12-7-13(10-19-9-12)21-17-8-16(22-23-17)11-5-6-11/h7-11,14-15,20-21H,1-6,18H2/t14-,15+/m0/s1. The lowest BCUT2D eigenvalue weighted by Crippen LogP contribution is -2.42. The van der Waals surface area contributed by atoms with Gasteiger partial charge in [-0.25, -0.2) is 0 Å². The van der Waals surface area contributed by atoms with Crippen LogP contribution in [0.15, 0.2) is 29.0 Å². The monoisotopic (exact) mass is 313 g/mol. The van der Waals surface area contributed by atoms with E-state index in [0.717, 1.165) is 29.9 Å². The summed E-state index contributed by atoms with van der Waals surface area (Å²) in [5.74, 6) is 1.26. The minimum absolute atomic E-state index is 0.218. The number of rotatable bonds is 5. The quantitative estimate of drug-likeness (QED) is 0.784. The molecule has 2 aliphatic carbocycles. The number of nitrogens with two attached hydrogens (primary N) is 1.